The molecule has 0 saturated carbocycles. The zero-order chi connectivity index (χ0) is 19.2. The quantitative estimate of drug-likeness (QED) is 0.806. The molecule has 0 radical (unpaired) electrons. The Balaban J connectivity index is 5.47. The Hall–Kier alpha value is -1.79. The maximum Gasteiger partial charge on any atom is 0.410 e. The van der Waals surface area contributed by atoms with Crippen molar-refractivity contribution in [2.45, 2.75) is 65.6 Å². The van der Waals surface area contributed by atoms with Crippen molar-refractivity contribution in [3.8, 4) is 0 Å². The number of carboxylic acids is 1. The summed E-state index contributed by atoms with van der Waals surface area (Å²) in [6.07, 6.45) is -0.313. The minimum Gasteiger partial charge on any atom is -0.480 e. The van der Waals surface area contributed by atoms with Crippen LogP contribution in [0.4, 0.5) is 4.79 Å². The van der Waals surface area contributed by atoms with Gasteiger partial charge in [-0.2, -0.15) is 0 Å². The molecule has 0 aromatic heterocycles. The third-order valence-corrected chi connectivity index (χ3v) is 3.24. The molecule has 2 amide bonds. The van der Waals surface area contributed by atoms with E-state index in [9.17, 15) is 14.4 Å². The predicted molar refractivity (Wildman–Crippen MR) is 87.1 cm³/mol. The molecule has 0 rings (SSSR count). The Kier molecular flexibility index (Phi) is 6.84. The lowest BCUT2D eigenvalue weighted by atomic mass is 10.0. The highest BCUT2D eigenvalue weighted by atomic mass is 16.6. The van der Waals surface area contributed by atoms with Crippen LogP contribution in [0.3, 0.4) is 0 Å². The van der Waals surface area contributed by atoms with Gasteiger partial charge >= 0.3 is 12.1 Å². The summed E-state index contributed by atoms with van der Waals surface area (Å²) in [6.45, 7) is 10.3. The van der Waals surface area contributed by atoms with Crippen molar-refractivity contribution in [1.82, 2.24) is 9.80 Å². The highest BCUT2D eigenvalue weighted by Crippen LogP contribution is 2.17. The van der Waals surface area contributed by atoms with E-state index in [1.165, 1.54) is 18.9 Å². The number of rotatable bonds is 6. The van der Waals surface area contributed by atoms with Gasteiger partial charge in [0.15, 0.2) is 0 Å². The molecule has 0 aliphatic heterocycles. The Morgan fingerprint density at radius 2 is 1.70 bits per heavy atom. The molecule has 0 aromatic rings. The van der Waals surface area contributed by atoms with Crippen molar-refractivity contribution in [1.29, 1.82) is 0 Å². The molecule has 1 N–H and O–H groups in total. The van der Waals surface area contributed by atoms with Gasteiger partial charge in [0.05, 0.1) is 0 Å². The molecule has 0 fully saturated rings. The van der Waals surface area contributed by atoms with E-state index in [4.69, 9.17) is 11.2 Å². The van der Waals surface area contributed by atoms with Gasteiger partial charge in [-0.3, -0.25) is 9.69 Å². The molecule has 0 unspecified atom stereocenters. The molecule has 23 heavy (non-hydrogen) atoms. The molecule has 0 aliphatic carbocycles. The first-order valence-electron chi connectivity index (χ1n) is 8.30. The number of carbonyl (C=O) groups excluding carboxylic acids is 2. The monoisotopic (exact) mass is 331 g/mol. The van der Waals surface area contributed by atoms with E-state index in [1.807, 2.05) is 13.8 Å². The lowest BCUT2D eigenvalue weighted by Gasteiger charge is -2.34. The van der Waals surface area contributed by atoms with Gasteiger partial charge in [-0.1, -0.05) is 13.8 Å². The summed E-state index contributed by atoms with van der Waals surface area (Å²) in [5.74, 6) is -1.67. The molecule has 0 aliphatic rings. The molecular weight excluding hydrogens is 300 g/mol. The van der Waals surface area contributed by atoms with E-state index in [2.05, 4.69) is 0 Å². The Labute approximate surface area is 140 Å². The third kappa shape index (κ3) is 6.88. The number of ether oxygens (including phenoxy) is 1. The molecule has 0 bridgehead atoms. The minimum atomic E-state index is -1.20. The van der Waals surface area contributed by atoms with Crippen LogP contribution in [-0.2, 0) is 14.3 Å². The summed E-state index contributed by atoms with van der Waals surface area (Å²) in [5, 5.41) is 9.11. The van der Waals surface area contributed by atoms with Gasteiger partial charge in [-0.15, -0.1) is 0 Å². The van der Waals surface area contributed by atoms with E-state index < -0.39 is 42.7 Å². The summed E-state index contributed by atoms with van der Waals surface area (Å²) in [4.78, 5) is 38.3. The maximum atomic E-state index is 12.8. The summed E-state index contributed by atoms with van der Waals surface area (Å²) >= 11 is 0. The topological polar surface area (TPSA) is 87.2 Å². The fourth-order valence-corrected chi connectivity index (χ4v) is 1.85. The molecular formula is C16H30N2O5. The van der Waals surface area contributed by atoms with Gasteiger partial charge in [-0.05, 0) is 40.0 Å². The van der Waals surface area contributed by atoms with Crippen molar-refractivity contribution in [3.63, 3.8) is 0 Å². The second-order valence-corrected chi connectivity index (χ2v) is 7.06. The number of amides is 2. The van der Waals surface area contributed by atoms with E-state index >= 15 is 0 Å². The number of aliphatic carboxylic acids is 1. The summed E-state index contributed by atoms with van der Waals surface area (Å²) in [6, 6.07) is -2.02. The van der Waals surface area contributed by atoms with Gasteiger partial charge in [0.1, 0.15) is 17.7 Å². The van der Waals surface area contributed by atoms with Crippen LogP contribution in [0.1, 0.15) is 49.3 Å². The van der Waals surface area contributed by atoms with Crippen LogP contribution in [0.25, 0.3) is 0 Å². The van der Waals surface area contributed by atoms with Gasteiger partial charge in [0, 0.05) is 15.4 Å². The Morgan fingerprint density at radius 1 is 1.17 bits per heavy atom. The first-order chi connectivity index (χ1) is 10.8. The number of carbonyl (C=O) groups is 3. The largest absolute Gasteiger partial charge is 0.480 e. The first kappa shape index (κ1) is 19.3. The van der Waals surface area contributed by atoms with Crippen molar-refractivity contribution in [2.24, 2.45) is 5.92 Å². The normalized spacial score (nSPS) is 14.7. The molecule has 0 aromatic carbocycles. The van der Waals surface area contributed by atoms with Gasteiger partial charge in [-0.25, -0.2) is 9.59 Å². The van der Waals surface area contributed by atoms with Gasteiger partial charge < -0.3 is 14.7 Å². The van der Waals surface area contributed by atoms with Crippen LogP contribution in [0.15, 0.2) is 0 Å². The average molecular weight is 331 g/mol. The molecule has 0 spiro atoms. The lowest BCUT2D eigenvalue weighted by Crippen LogP contribution is -2.53. The Bertz CT molecular complexity index is 462. The molecule has 7 nitrogen and oxygen atoms in total. The van der Waals surface area contributed by atoms with Crippen molar-refractivity contribution in [3.05, 3.63) is 0 Å². The number of carboxylic acid groups (broad SMARTS) is 1. The summed E-state index contributed by atoms with van der Waals surface area (Å²) in [7, 11) is 0.954. The summed E-state index contributed by atoms with van der Waals surface area (Å²) < 4.78 is 12.8. The standard InChI is InChI=1S/C16H30N2O5/c1-10(2)9-12(13(19)17(7)11(3)14(20)21)18(8)15(22)23-16(4,5)6/h10-12H,9H2,1-8H3,(H,20,21)/t11-,12-/m0/s1/i7D. The molecule has 2 atom stereocenters. The Morgan fingerprint density at radius 3 is 2.04 bits per heavy atom. The smallest absolute Gasteiger partial charge is 0.410 e. The highest BCUT2D eigenvalue weighted by Gasteiger charge is 2.35. The second kappa shape index (κ2) is 8.17. The minimum absolute atomic E-state index is 0.0940. The van der Waals surface area contributed by atoms with Crippen molar-refractivity contribution in [2.75, 3.05) is 14.1 Å². The second-order valence-electron chi connectivity index (χ2n) is 7.06. The van der Waals surface area contributed by atoms with Crippen LogP contribution in [-0.4, -0.2) is 64.6 Å². The number of likely N-dealkylation sites (N-methyl/N-ethyl adjacent to an activating group) is 2. The zero-order valence-electron chi connectivity index (χ0n) is 16.1. The van der Waals surface area contributed by atoms with Crippen molar-refractivity contribution >= 4 is 18.0 Å². The van der Waals surface area contributed by atoms with Crippen LogP contribution in [0, 0.1) is 5.92 Å². The molecule has 7 heteroatoms. The lowest BCUT2D eigenvalue weighted by molar-refractivity contribution is -0.150. The number of hydrogen-bond acceptors (Lipinski definition) is 4. The fourth-order valence-electron chi connectivity index (χ4n) is 1.85. The third-order valence-electron chi connectivity index (χ3n) is 3.24. The fraction of sp³-hybridized carbons (Fsp3) is 0.812. The van der Waals surface area contributed by atoms with Gasteiger partial charge in [0.25, 0.3) is 0 Å². The maximum absolute atomic E-state index is 12.8. The van der Waals surface area contributed by atoms with Crippen LogP contribution < -0.4 is 0 Å². The molecule has 134 valence electrons. The number of hydrogen-bond donors (Lipinski definition) is 1. The average Bonchev–Trinajstić information content (AvgIpc) is 2.42. The van der Waals surface area contributed by atoms with E-state index in [1.54, 1.807) is 20.8 Å². The number of nitrogens with zero attached hydrogens (tertiary/aromatic N) is 2. The first-order valence-corrected chi connectivity index (χ1v) is 7.60. The SMILES string of the molecule is [2H]CN(C(=O)[C@H](CC(C)C)N(C)C(=O)OC(C)(C)C)[C@@H](C)C(=O)O. The van der Waals surface area contributed by atoms with E-state index in [-0.39, 0.29) is 5.92 Å². The predicted octanol–water partition coefficient (Wildman–Crippen LogP) is 2.20. The van der Waals surface area contributed by atoms with E-state index in [0.29, 0.717) is 6.42 Å². The molecule has 0 heterocycles. The highest BCUT2D eigenvalue weighted by molar-refractivity contribution is 5.89. The molecule has 0 saturated heterocycles. The van der Waals surface area contributed by atoms with Crippen LogP contribution in [0.5, 0.6) is 0 Å². The zero-order valence-corrected chi connectivity index (χ0v) is 15.1. The van der Waals surface area contributed by atoms with Crippen LogP contribution in [0.2, 0.25) is 0 Å². The van der Waals surface area contributed by atoms with Gasteiger partial charge in [0.2, 0.25) is 5.91 Å². The summed E-state index contributed by atoms with van der Waals surface area (Å²) in [5.41, 5.74) is -0.708. The van der Waals surface area contributed by atoms with E-state index in [0.717, 1.165) is 4.90 Å². The van der Waals surface area contributed by atoms with Crippen LogP contribution >= 0.6 is 0 Å². The van der Waals surface area contributed by atoms with Crippen molar-refractivity contribution < 1.29 is 25.6 Å².